The van der Waals surface area contributed by atoms with Crippen molar-refractivity contribution in [1.82, 2.24) is 0 Å². The second-order valence-electron chi connectivity index (χ2n) is 0.733. The first-order chi connectivity index (χ1) is 2.00. The molecule has 0 saturated carbocycles. The van der Waals surface area contributed by atoms with Crippen LogP contribution in [-0.4, -0.2) is 19.2 Å². The average molecular weight is 261 g/mol. The Morgan fingerprint density at radius 1 is 1.50 bits per heavy atom. The van der Waals surface area contributed by atoms with Gasteiger partial charge >= 0.3 is 0 Å². The number of rotatable bonds is 0. The van der Waals surface area contributed by atoms with Crippen LogP contribution >= 0.6 is 0 Å². The van der Waals surface area contributed by atoms with Crippen molar-refractivity contribution >= 4 is 10.1 Å². The predicted molar refractivity (Wildman–Crippen MR) is 17.5 cm³/mol. The molecule has 5 heteroatoms. The topological polar surface area (TPSA) is 54.4 Å². The van der Waals surface area contributed by atoms with E-state index in [9.17, 15) is 8.42 Å². The zero-order valence-electron chi connectivity index (χ0n) is 2.97. The second-order valence-corrected chi connectivity index (χ2v) is 2.20. The Balaban J connectivity index is 0. The van der Waals surface area contributed by atoms with E-state index < -0.39 is 10.1 Å². The van der Waals surface area contributed by atoms with Gasteiger partial charge in [-0.15, -0.1) is 0 Å². The minimum absolute atomic E-state index is 0. The van der Waals surface area contributed by atoms with Crippen molar-refractivity contribution in [2.45, 2.75) is 0 Å². The van der Waals surface area contributed by atoms with E-state index in [0.717, 1.165) is 0 Å². The summed E-state index contributed by atoms with van der Waals surface area (Å²) in [5, 5.41) is 0. The standard InChI is InChI=1S/CH4O3S.Ho/c1-5(2,3)4;/h1H3,(H,2,3,4);. The zero-order chi connectivity index (χ0) is 4.50. The molecule has 0 spiro atoms. The molecule has 1 N–H and O–H groups in total. The van der Waals surface area contributed by atoms with E-state index in [1.807, 2.05) is 0 Å². The third kappa shape index (κ3) is 65.7. The normalized spacial score (nSPS) is 9.67. The minimum Gasteiger partial charge on any atom is -0.286 e. The molecule has 0 aromatic heterocycles. The molecule has 0 rings (SSSR count). The summed E-state index contributed by atoms with van der Waals surface area (Å²) in [6, 6.07) is 0. The average Bonchev–Trinajstić information content (AvgIpc) is 0.722. The van der Waals surface area contributed by atoms with Gasteiger partial charge in [0.15, 0.2) is 0 Å². The van der Waals surface area contributed by atoms with Crippen molar-refractivity contribution < 1.29 is 50.7 Å². The molecule has 3 nitrogen and oxygen atoms in total. The molecule has 6 heavy (non-hydrogen) atoms. The Kier molecular flexibility index (Phi) is 5.46. The first kappa shape index (κ1) is 10.2. The van der Waals surface area contributed by atoms with E-state index in [1.54, 1.807) is 0 Å². The molecule has 0 aliphatic heterocycles. The van der Waals surface area contributed by atoms with Gasteiger partial charge in [-0.2, -0.15) is 8.42 Å². The van der Waals surface area contributed by atoms with Crippen molar-refractivity contribution in [2.24, 2.45) is 0 Å². The van der Waals surface area contributed by atoms with E-state index in [4.69, 9.17) is 4.55 Å². The molecule has 43 valence electrons. The van der Waals surface area contributed by atoms with Gasteiger partial charge in [0.05, 0.1) is 6.26 Å². The maximum atomic E-state index is 9.19. The summed E-state index contributed by atoms with van der Waals surface area (Å²) >= 11 is 0. The molecule has 0 aliphatic carbocycles. The van der Waals surface area contributed by atoms with Gasteiger partial charge in [0, 0.05) is 37.7 Å². The van der Waals surface area contributed by atoms with Crippen LogP contribution < -0.4 is 0 Å². The largest absolute Gasteiger partial charge is 0.286 e. The molecule has 1 radical (unpaired) electrons. The summed E-state index contributed by atoms with van der Waals surface area (Å²) in [5.74, 6) is 0. The van der Waals surface area contributed by atoms with E-state index in [1.165, 1.54) is 0 Å². The summed E-state index contributed by atoms with van der Waals surface area (Å²) in [6.45, 7) is 0. The van der Waals surface area contributed by atoms with Gasteiger partial charge in [-0.05, 0) is 0 Å². The molecule has 0 atom stereocenters. The monoisotopic (exact) mass is 261 g/mol. The van der Waals surface area contributed by atoms with E-state index in [0.29, 0.717) is 6.26 Å². The van der Waals surface area contributed by atoms with Crippen molar-refractivity contribution in [3.8, 4) is 0 Å². The molecule has 0 aromatic rings. The molecule has 0 aliphatic rings. The molecule has 0 bridgehead atoms. The summed E-state index contributed by atoms with van der Waals surface area (Å²) < 4.78 is 25.9. The van der Waals surface area contributed by atoms with Crippen LogP contribution in [0.5, 0.6) is 0 Å². The van der Waals surface area contributed by atoms with Gasteiger partial charge in [-0.25, -0.2) is 0 Å². The van der Waals surface area contributed by atoms with Crippen LogP contribution in [-0.2, 0) is 10.1 Å². The number of hydrogen-bond acceptors (Lipinski definition) is 2. The molecule has 0 heterocycles. The van der Waals surface area contributed by atoms with Crippen LogP contribution in [0.3, 0.4) is 0 Å². The molecular formula is CH4HoO3S. The first-order valence-electron chi connectivity index (χ1n) is 0.924. The van der Waals surface area contributed by atoms with E-state index >= 15 is 0 Å². The van der Waals surface area contributed by atoms with Crippen molar-refractivity contribution in [3.63, 3.8) is 0 Å². The van der Waals surface area contributed by atoms with E-state index in [-0.39, 0.29) is 37.7 Å². The molecule has 0 unspecified atom stereocenters. The van der Waals surface area contributed by atoms with Gasteiger partial charge in [0.1, 0.15) is 0 Å². The van der Waals surface area contributed by atoms with Gasteiger partial charge in [-0.1, -0.05) is 0 Å². The smallest absolute Gasteiger partial charge is 0.261 e. The summed E-state index contributed by atoms with van der Waals surface area (Å²) in [7, 11) is -3.67. The van der Waals surface area contributed by atoms with Gasteiger partial charge in [0.2, 0.25) is 0 Å². The Morgan fingerprint density at radius 3 is 1.50 bits per heavy atom. The summed E-state index contributed by atoms with van der Waals surface area (Å²) in [5.41, 5.74) is 0. The molecule has 0 aromatic carbocycles. The van der Waals surface area contributed by atoms with Crippen molar-refractivity contribution in [1.29, 1.82) is 0 Å². The quantitative estimate of drug-likeness (QED) is 0.472. The fourth-order valence-electron chi connectivity index (χ4n) is 0. The van der Waals surface area contributed by atoms with Crippen LogP contribution in [0.15, 0.2) is 0 Å². The molecule has 0 amide bonds. The second kappa shape index (κ2) is 3.21. The van der Waals surface area contributed by atoms with Crippen LogP contribution in [0.25, 0.3) is 0 Å². The van der Waals surface area contributed by atoms with Crippen molar-refractivity contribution in [3.05, 3.63) is 0 Å². The minimum atomic E-state index is -3.67. The fraction of sp³-hybridized carbons (Fsp3) is 1.00. The molecule has 0 fully saturated rings. The zero-order valence-corrected chi connectivity index (χ0v) is 5.72. The third-order valence-corrected chi connectivity index (χ3v) is 0. The SMILES string of the molecule is CS(=O)(=O)O.[Ho]. The Morgan fingerprint density at radius 2 is 1.50 bits per heavy atom. The maximum Gasteiger partial charge on any atom is 0.261 e. The Hall–Kier alpha value is 1.17. The van der Waals surface area contributed by atoms with Crippen LogP contribution in [0.1, 0.15) is 0 Å². The van der Waals surface area contributed by atoms with Crippen LogP contribution in [0.4, 0.5) is 0 Å². The predicted octanol–water partition coefficient (Wildman–Crippen LogP) is -0.496. The maximum absolute atomic E-state index is 9.19. The molecule has 0 saturated heterocycles. The Bertz CT molecular complexity index is 94.0. The first-order valence-corrected chi connectivity index (χ1v) is 2.77. The number of hydrogen-bond donors (Lipinski definition) is 1. The van der Waals surface area contributed by atoms with Gasteiger partial charge in [0.25, 0.3) is 10.1 Å². The van der Waals surface area contributed by atoms with Gasteiger partial charge < -0.3 is 0 Å². The van der Waals surface area contributed by atoms with Gasteiger partial charge in [-0.3, -0.25) is 4.55 Å². The molecular weight excluding hydrogens is 257 g/mol. The van der Waals surface area contributed by atoms with Crippen LogP contribution in [0, 0.1) is 37.7 Å². The van der Waals surface area contributed by atoms with E-state index in [2.05, 4.69) is 0 Å². The fourth-order valence-corrected chi connectivity index (χ4v) is 0. The summed E-state index contributed by atoms with van der Waals surface area (Å²) in [4.78, 5) is 0. The Labute approximate surface area is 66.5 Å². The summed E-state index contributed by atoms with van der Waals surface area (Å²) in [6.07, 6.45) is 0.715. The third-order valence-electron chi connectivity index (χ3n) is 0. The van der Waals surface area contributed by atoms with Crippen LogP contribution in [0.2, 0.25) is 0 Å². The van der Waals surface area contributed by atoms with Crippen molar-refractivity contribution in [2.75, 3.05) is 6.26 Å².